The fourth-order valence-corrected chi connectivity index (χ4v) is 4.31. The largest absolute Gasteiger partial charge is 0.342 e. The van der Waals surface area contributed by atoms with E-state index in [4.69, 9.17) is 34.8 Å². The van der Waals surface area contributed by atoms with Gasteiger partial charge in [-0.05, 0) is 60.5 Å². The Morgan fingerprint density at radius 3 is 2.52 bits per heavy atom. The van der Waals surface area contributed by atoms with Crippen LogP contribution in [0.5, 0.6) is 0 Å². The molecule has 1 aromatic heterocycles. The van der Waals surface area contributed by atoms with Crippen LogP contribution in [0.25, 0.3) is 17.0 Å². The number of carbonyl (C=O) groups excluding carboxylic acids is 1. The summed E-state index contributed by atoms with van der Waals surface area (Å²) in [6.07, 6.45) is 3.51. The number of para-hydroxylation sites is 1. The van der Waals surface area contributed by atoms with E-state index in [0.29, 0.717) is 27.3 Å². The van der Waals surface area contributed by atoms with Gasteiger partial charge in [0.05, 0.1) is 0 Å². The molecule has 3 aromatic carbocycles. The molecule has 4 nitrogen and oxygen atoms in total. The molecule has 4 rings (SSSR count). The molecule has 0 bridgehead atoms. The monoisotopic (exact) mass is 493 g/mol. The number of nitrogens with one attached hydrogen (secondary N) is 1. The molecule has 0 fully saturated rings. The molecule has 4 aromatic rings. The number of nitrogens with zero attached hydrogens (tertiary/aromatic N) is 2. The van der Waals surface area contributed by atoms with E-state index in [1.807, 2.05) is 54.1 Å². The molecular formula is C26H18Cl3N3O. The summed E-state index contributed by atoms with van der Waals surface area (Å²) in [5.74, 6) is -0.486. The number of rotatable bonds is 5. The highest BCUT2D eigenvalue weighted by Crippen LogP contribution is 2.28. The summed E-state index contributed by atoms with van der Waals surface area (Å²) in [5.41, 5.74) is 4.04. The van der Waals surface area contributed by atoms with Crippen LogP contribution in [-0.4, -0.2) is 10.5 Å². The average molecular weight is 495 g/mol. The number of nitriles is 1. The number of aromatic nitrogens is 1. The van der Waals surface area contributed by atoms with Gasteiger partial charge in [0.15, 0.2) is 0 Å². The first kappa shape index (κ1) is 22.9. The zero-order valence-electron chi connectivity index (χ0n) is 17.6. The molecule has 0 saturated carbocycles. The van der Waals surface area contributed by atoms with Crippen molar-refractivity contribution in [3.8, 4) is 6.07 Å². The van der Waals surface area contributed by atoms with Gasteiger partial charge in [0.1, 0.15) is 11.6 Å². The fraction of sp³-hybridized carbons (Fsp3) is 0.0769. The van der Waals surface area contributed by atoms with Gasteiger partial charge in [-0.3, -0.25) is 4.79 Å². The SMILES string of the molecule is Cc1cc(Cl)ccc1NC(=O)/C(C#N)=C/c1cn(Cc2ccc(Cl)cc2Cl)c2ccccc12. The van der Waals surface area contributed by atoms with E-state index < -0.39 is 5.91 Å². The van der Waals surface area contributed by atoms with Crippen molar-refractivity contribution in [1.29, 1.82) is 5.26 Å². The Balaban J connectivity index is 1.69. The maximum absolute atomic E-state index is 12.8. The molecule has 1 N–H and O–H groups in total. The summed E-state index contributed by atoms with van der Waals surface area (Å²) in [5, 5.41) is 15.1. The van der Waals surface area contributed by atoms with Gasteiger partial charge in [-0.2, -0.15) is 5.26 Å². The Kier molecular flexibility index (Phi) is 6.76. The van der Waals surface area contributed by atoms with Crippen LogP contribution in [0.2, 0.25) is 15.1 Å². The van der Waals surface area contributed by atoms with Crippen molar-refractivity contribution < 1.29 is 4.79 Å². The molecule has 0 saturated heterocycles. The minimum absolute atomic E-state index is 0.00298. The van der Waals surface area contributed by atoms with E-state index in [1.165, 1.54) is 0 Å². The molecule has 33 heavy (non-hydrogen) atoms. The van der Waals surface area contributed by atoms with Crippen LogP contribution in [0, 0.1) is 18.3 Å². The first-order valence-corrected chi connectivity index (χ1v) is 11.2. The minimum Gasteiger partial charge on any atom is -0.342 e. The lowest BCUT2D eigenvalue weighted by molar-refractivity contribution is -0.112. The molecule has 0 spiro atoms. The minimum atomic E-state index is -0.486. The third-order valence-corrected chi connectivity index (χ3v) is 6.10. The first-order chi connectivity index (χ1) is 15.9. The standard InChI is InChI=1S/C26H18Cl3N3O/c1-16-10-20(27)8-9-24(16)31-26(33)18(13-30)11-19-15-32(25-5-3-2-4-22(19)25)14-17-6-7-21(28)12-23(17)29/h2-12,15H,14H2,1H3,(H,31,33)/b18-11+. The lowest BCUT2D eigenvalue weighted by Gasteiger charge is -2.08. The lowest BCUT2D eigenvalue weighted by Crippen LogP contribution is -2.14. The highest BCUT2D eigenvalue weighted by atomic mass is 35.5. The average Bonchev–Trinajstić information content (AvgIpc) is 3.13. The second-order valence-electron chi connectivity index (χ2n) is 7.55. The Morgan fingerprint density at radius 2 is 1.79 bits per heavy atom. The molecule has 1 amide bonds. The predicted octanol–water partition coefficient (Wildman–Crippen LogP) is 7.50. The van der Waals surface area contributed by atoms with E-state index in [9.17, 15) is 10.1 Å². The molecular weight excluding hydrogens is 477 g/mol. The van der Waals surface area contributed by atoms with E-state index >= 15 is 0 Å². The van der Waals surface area contributed by atoms with Crippen molar-refractivity contribution in [2.75, 3.05) is 5.32 Å². The molecule has 164 valence electrons. The van der Waals surface area contributed by atoms with Gasteiger partial charge in [0.25, 0.3) is 5.91 Å². The van der Waals surface area contributed by atoms with E-state index in [-0.39, 0.29) is 5.57 Å². The van der Waals surface area contributed by atoms with Gasteiger partial charge in [-0.15, -0.1) is 0 Å². The third kappa shape index (κ3) is 5.07. The summed E-state index contributed by atoms with van der Waals surface area (Å²) in [6, 6.07) is 20.4. The number of aryl methyl sites for hydroxylation is 1. The molecule has 7 heteroatoms. The van der Waals surface area contributed by atoms with Crippen LogP contribution in [0.3, 0.4) is 0 Å². The Morgan fingerprint density at radius 1 is 1.06 bits per heavy atom. The number of carbonyl (C=O) groups is 1. The van der Waals surface area contributed by atoms with Crippen molar-refractivity contribution in [2.45, 2.75) is 13.5 Å². The van der Waals surface area contributed by atoms with Gasteiger partial charge in [-0.1, -0.05) is 59.1 Å². The molecule has 0 aliphatic carbocycles. The molecule has 0 unspecified atom stereocenters. The highest BCUT2D eigenvalue weighted by molar-refractivity contribution is 6.35. The van der Waals surface area contributed by atoms with Gasteiger partial charge in [-0.25, -0.2) is 0 Å². The van der Waals surface area contributed by atoms with Crippen molar-refractivity contribution in [3.05, 3.63) is 104 Å². The Bertz CT molecular complexity index is 1450. The first-order valence-electron chi connectivity index (χ1n) is 10.1. The maximum Gasteiger partial charge on any atom is 0.266 e. The number of halogens is 3. The maximum atomic E-state index is 12.8. The van der Waals surface area contributed by atoms with Crippen molar-refractivity contribution in [1.82, 2.24) is 4.57 Å². The summed E-state index contributed by atoms with van der Waals surface area (Å²) in [6.45, 7) is 2.36. The topological polar surface area (TPSA) is 57.8 Å². The summed E-state index contributed by atoms with van der Waals surface area (Å²) < 4.78 is 2.03. The number of fused-ring (bicyclic) bond motifs is 1. The van der Waals surface area contributed by atoms with E-state index in [2.05, 4.69) is 5.32 Å². The Labute approximate surface area is 206 Å². The van der Waals surface area contributed by atoms with Crippen molar-refractivity contribution in [3.63, 3.8) is 0 Å². The van der Waals surface area contributed by atoms with Crippen LogP contribution >= 0.6 is 34.8 Å². The van der Waals surface area contributed by atoms with Crippen LogP contribution < -0.4 is 5.32 Å². The van der Waals surface area contributed by atoms with Crippen molar-refractivity contribution >= 4 is 63.4 Å². The molecule has 1 heterocycles. The van der Waals surface area contributed by atoms with Crippen LogP contribution in [-0.2, 0) is 11.3 Å². The lowest BCUT2D eigenvalue weighted by atomic mass is 10.1. The second-order valence-corrected chi connectivity index (χ2v) is 8.83. The van der Waals surface area contributed by atoms with Crippen LogP contribution in [0.15, 0.2) is 72.4 Å². The van der Waals surface area contributed by atoms with E-state index in [0.717, 1.165) is 27.6 Å². The second kappa shape index (κ2) is 9.72. The van der Waals surface area contributed by atoms with Gasteiger partial charge < -0.3 is 9.88 Å². The quantitative estimate of drug-likeness (QED) is 0.231. The third-order valence-electron chi connectivity index (χ3n) is 5.28. The predicted molar refractivity (Wildman–Crippen MR) is 136 cm³/mol. The molecule has 0 atom stereocenters. The molecule has 0 aliphatic rings. The molecule has 0 radical (unpaired) electrons. The van der Waals surface area contributed by atoms with Crippen LogP contribution in [0.1, 0.15) is 16.7 Å². The van der Waals surface area contributed by atoms with E-state index in [1.54, 1.807) is 36.4 Å². The number of hydrogen-bond acceptors (Lipinski definition) is 2. The molecule has 0 aliphatic heterocycles. The smallest absolute Gasteiger partial charge is 0.266 e. The number of hydrogen-bond donors (Lipinski definition) is 1. The highest BCUT2D eigenvalue weighted by Gasteiger charge is 2.14. The zero-order valence-corrected chi connectivity index (χ0v) is 19.8. The van der Waals surface area contributed by atoms with Gasteiger partial charge in [0, 0.05) is 50.0 Å². The normalized spacial score (nSPS) is 11.4. The number of benzene rings is 3. The fourth-order valence-electron chi connectivity index (χ4n) is 3.62. The summed E-state index contributed by atoms with van der Waals surface area (Å²) in [4.78, 5) is 12.8. The van der Waals surface area contributed by atoms with Crippen LogP contribution in [0.4, 0.5) is 5.69 Å². The summed E-state index contributed by atoms with van der Waals surface area (Å²) >= 11 is 18.4. The Hall–Kier alpha value is -3.23. The van der Waals surface area contributed by atoms with Crippen molar-refractivity contribution in [2.24, 2.45) is 0 Å². The van der Waals surface area contributed by atoms with Gasteiger partial charge >= 0.3 is 0 Å². The summed E-state index contributed by atoms with van der Waals surface area (Å²) in [7, 11) is 0. The zero-order chi connectivity index (χ0) is 23.5. The van der Waals surface area contributed by atoms with Gasteiger partial charge in [0.2, 0.25) is 0 Å². The number of amides is 1. The number of anilines is 1.